The van der Waals surface area contributed by atoms with Crippen molar-refractivity contribution >= 4 is 24.1 Å². The van der Waals surface area contributed by atoms with E-state index in [2.05, 4.69) is 18.9 Å². The van der Waals surface area contributed by atoms with Gasteiger partial charge >= 0.3 is 12.3 Å². The summed E-state index contributed by atoms with van der Waals surface area (Å²) >= 11 is 0. The van der Waals surface area contributed by atoms with Crippen molar-refractivity contribution in [3.05, 3.63) is 0 Å². The third-order valence-corrected chi connectivity index (χ3v) is 1.82. The van der Waals surface area contributed by atoms with Crippen molar-refractivity contribution in [1.82, 2.24) is 0 Å². The molecule has 0 saturated carbocycles. The van der Waals surface area contributed by atoms with Crippen molar-refractivity contribution in [2.75, 3.05) is 13.2 Å². The lowest BCUT2D eigenvalue weighted by molar-refractivity contribution is -0.125. The number of carbonyl (C=O) groups excluding carboxylic acids is 4. The van der Waals surface area contributed by atoms with Gasteiger partial charge in [-0.05, 0) is 0 Å². The van der Waals surface area contributed by atoms with Gasteiger partial charge in [-0.25, -0.2) is 9.59 Å². The quantitative estimate of drug-likeness (QED) is 0.541. The van der Waals surface area contributed by atoms with E-state index in [4.69, 9.17) is 11.5 Å². The van der Waals surface area contributed by atoms with Crippen molar-refractivity contribution < 1.29 is 38.1 Å². The fourth-order valence-corrected chi connectivity index (χ4v) is 0.936. The Morgan fingerprint density at radius 1 is 0.889 bits per heavy atom. The van der Waals surface area contributed by atoms with Crippen molar-refractivity contribution in [1.29, 1.82) is 0 Å². The minimum Gasteiger partial charge on any atom is -0.430 e. The van der Waals surface area contributed by atoms with Gasteiger partial charge in [0.05, 0.1) is 0 Å². The normalized spacial score (nSPS) is 24.9. The van der Waals surface area contributed by atoms with Crippen LogP contribution in [0.4, 0.5) is 9.59 Å². The zero-order valence-corrected chi connectivity index (χ0v) is 8.99. The van der Waals surface area contributed by atoms with Gasteiger partial charge in [0.25, 0.3) is 11.8 Å². The molecule has 0 spiro atoms. The molecule has 2 fully saturated rings. The molecule has 0 bridgehead atoms. The van der Waals surface area contributed by atoms with E-state index < -0.39 is 36.3 Å². The lowest BCUT2D eigenvalue weighted by atomic mass is 10.4. The second kappa shape index (κ2) is 5.70. The van der Waals surface area contributed by atoms with E-state index in [-0.39, 0.29) is 13.2 Å². The van der Waals surface area contributed by atoms with Crippen LogP contribution in [-0.2, 0) is 28.5 Å². The highest BCUT2D eigenvalue weighted by atomic mass is 16.8. The summed E-state index contributed by atoms with van der Waals surface area (Å²) in [5.74, 6) is -1.36. The van der Waals surface area contributed by atoms with Crippen LogP contribution in [0.2, 0.25) is 0 Å². The summed E-state index contributed by atoms with van der Waals surface area (Å²) in [5.41, 5.74) is 9.53. The fraction of sp³-hybridized carbons (Fsp3) is 0.500. The van der Waals surface area contributed by atoms with Gasteiger partial charge < -0.3 is 30.4 Å². The standard InChI is InChI=1S/2C4H5NO4/c2*5-3(6)2-1-8-4(7)9-2/h2*2H,1H2,(H2,5,6). The summed E-state index contributed by atoms with van der Waals surface area (Å²) < 4.78 is 17.1. The van der Waals surface area contributed by atoms with Gasteiger partial charge in [0.15, 0.2) is 0 Å². The third kappa shape index (κ3) is 3.81. The van der Waals surface area contributed by atoms with Gasteiger partial charge in [0.1, 0.15) is 13.2 Å². The molecule has 0 aromatic heterocycles. The van der Waals surface area contributed by atoms with Gasteiger partial charge in [-0.2, -0.15) is 0 Å². The fourth-order valence-electron chi connectivity index (χ4n) is 0.936. The predicted octanol–water partition coefficient (Wildman–Crippen LogP) is -1.99. The summed E-state index contributed by atoms with van der Waals surface area (Å²) in [6.07, 6.45) is -3.45. The molecule has 2 heterocycles. The number of amides is 2. The number of nitrogens with two attached hydrogens (primary N) is 2. The number of rotatable bonds is 2. The lowest BCUT2D eigenvalue weighted by Gasteiger charge is -1.96. The topological polar surface area (TPSA) is 157 Å². The highest BCUT2D eigenvalue weighted by Crippen LogP contribution is 2.04. The first-order valence-electron chi connectivity index (χ1n) is 4.65. The molecule has 0 aromatic carbocycles. The highest BCUT2D eigenvalue weighted by Gasteiger charge is 2.29. The molecule has 2 rings (SSSR count). The van der Waals surface area contributed by atoms with E-state index in [0.29, 0.717) is 0 Å². The monoisotopic (exact) mass is 262 g/mol. The largest absolute Gasteiger partial charge is 0.509 e. The number of cyclic esters (lactones) is 4. The molecule has 10 nitrogen and oxygen atoms in total. The molecule has 2 amide bonds. The molecule has 10 heteroatoms. The lowest BCUT2D eigenvalue weighted by Crippen LogP contribution is -2.30. The Morgan fingerprint density at radius 2 is 1.22 bits per heavy atom. The number of primary amides is 2. The molecular formula is C8H10N2O8. The summed E-state index contributed by atoms with van der Waals surface area (Å²) in [6, 6.07) is 0. The average molecular weight is 262 g/mol. The smallest absolute Gasteiger partial charge is 0.430 e. The van der Waals surface area contributed by atoms with Crippen molar-refractivity contribution in [3.8, 4) is 0 Å². The van der Waals surface area contributed by atoms with Crippen LogP contribution in [0.25, 0.3) is 0 Å². The SMILES string of the molecule is NC(=O)C1COC(=O)O1.NC(=O)C1COC(=O)O1. The Bertz CT molecular complexity index is 345. The van der Waals surface area contributed by atoms with Crippen molar-refractivity contribution in [2.24, 2.45) is 11.5 Å². The Morgan fingerprint density at radius 3 is 1.33 bits per heavy atom. The second-order valence-electron chi connectivity index (χ2n) is 3.14. The Labute approximate surface area is 100 Å². The third-order valence-electron chi connectivity index (χ3n) is 1.82. The van der Waals surface area contributed by atoms with E-state index in [0.717, 1.165) is 0 Å². The zero-order chi connectivity index (χ0) is 13.7. The Kier molecular flexibility index (Phi) is 4.29. The molecule has 2 aliphatic heterocycles. The van der Waals surface area contributed by atoms with Gasteiger partial charge in [-0.1, -0.05) is 0 Å². The number of carbonyl (C=O) groups is 4. The van der Waals surface area contributed by atoms with Crippen LogP contribution in [0.15, 0.2) is 0 Å². The molecule has 4 N–H and O–H groups in total. The highest BCUT2D eigenvalue weighted by molar-refractivity contribution is 5.83. The molecule has 2 unspecified atom stereocenters. The van der Waals surface area contributed by atoms with Crippen LogP contribution < -0.4 is 11.5 Å². The van der Waals surface area contributed by atoms with E-state index in [9.17, 15) is 19.2 Å². The van der Waals surface area contributed by atoms with Gasteiger partial charge in [-0.15, -0.1) is 0 Å². The Hall–Kier alpha value is -2.52. The zero-order valence-electron chi connectivity index (χ0n) is 8.99. The van der Waals surface area contributed by atoms with E-state index in [1.165, 1.54) is 0 Å². The first-order chi connectivity index (χ1) is 8.40. The van der Waals surface area contributed by atoms with E-state index in [1.807, 2.05) is 0 Å². The van der Waals surface area contributed by atoms with Gasteiger partial charge in [-0.3, -0.25) is 9.59 Å². The maximum atomic E-state index is 10.2. The van der Waals surface area contributed by atoms with E-state index in [1.54, 1.807) is 0 Å². The maximum Gasteiger partial charge on any atom is 0.509 e. The van der Waals surface area contributed by atoms with Crippen LogP contribution in [0.3, 0.4) is 0 Å². The summed E-state index contributed by atoms with van der Waals surface area (Å²) in [4.78, 5) is 40.6. The van der Waals surface area contributed by atoms with Crippen LogP contribution in [0, 0.1) is 0 Å². The van der Waals surface area contributed by atoms with Crippen LogP contribution in [-0.4, -0.2) is 49.5 Å². The number of hydrogen-bond donors (Lipinski definition) is 2. The molecule has 2 aliphatic rings. The molecule has 100 valence electrons. The first kappa shape index (κ1) is 13.5. The van der Waals surface area contributed by atoms with E-state index >= 15 is 0 Å². The maximum absolute atomic E-state index is 10.2. The van der Waals surface area contributed by atoms with Crippen molar-refractivity contribution in [3.63, 3.8) is 0 Å². The van der Waals surface area contributed by atoms with Crippen molar-refractivity contribution in [2.45, 2.75) is 12.2 Å². The minimum absolute atomic E-state index is 0.0613. The molecule has 2 saturated heterocycles. The first-order valence-corrected chi connectivity index (χ1v) is 4.65. The molecule has 18 heavy (non-hydrogen) atoms. The molecular weight excluding hydrogens is 252 g/mol. The summed E-state index contributed by atoms with van der Waals surface area (Å²) in [6.45, 7) is -0.123. The predicted molar refractivity (Wildman–Crippen MR) is 50.8 cm³/mol. The number of ether oxygens (including phenoxy) is 4. The average Bonchev–Trinajstić information content (AvgIpc) is 2.88. The van der Waals surface area contributed by atoms with Gasteiger partial charge in [0.2, 0.25) is 12.2 Å². The number of hydrogen-bond acceptors (Lipinski definition) is 8. The second-order valence-corrected chi connectivity index (χ2v) is 3.14. The van der Waals surface area contributed by atoms with Crippen LogP contribution in [0.5, 0.6) is 0 Å². The molecule has 0 radical (unpaired) electrons. The summed E-state index contributed by atoms with van der Waals surface area (Å²) in [5, 5.41) is 0. The van der Waals surface area contributed by atoms with Crippen LogP contribution in [0.1, 0.15) is 0 Å². The Balaban J connectivity index is 0.000000180. The van der Waals surface area contributed by atoms with Gasteiger partial charge in [0, 0.05) is 0 Å². The van der Waals surface area contributed by atoms with Crippen LogP contribution >= 0.6 is 0 Å². The molecule has 2 atom stereocenters. The molecule has 0 aromatic rings. The minimum atomic E-state index is -0.891. The summed E-state index contributed by atoms with van der Waals surface area (Å²) in [7, 11) is 0. The molecule has 0 aliphatic carbocycles.